The molecule has 0 bridgehead atoms. The molecule has 0 unspecified atom stereocenters. The summed E-state index contributed by atoms with van der Waals surface area (Å²) in [5, 5.41) is 0. The zero-order chi connectivity index (χ0) is 16.1. The topological polar surface area (TPSA) is 0 Å². The molecular formula is C20H33Br2SiZr. The predicted molar refractivity (Wildman–Crippen MR) is 100 cm³/mol. The van der Waals surface area contributed by atoms with Crippen molar-refractivity contribution in [2.45, 2.75) is 66.5 Å². The van der Waals surface area contributed by atoms with Crippen molar-refractivity contribution in [2.24, 2.45) is 0 Å². The van der Waals surface area contributed by atoms with Crippen LogP contribution in [0.5, 0.6) is 0 Å². The minimum Gasteiger partial charge on any atom is -1.00 e. The van der Waals surface area contributed by atoms with Gasteiger partial charge in [0.1, 0.15) is 0 Å². The van der Waals surface area contributed by atoms with Gasteiger partial charge in [-0.3, -0.25) is 0 Å². The van der Waals surface area contributed by atoms with Crippen LogP contribution in [-0.2, 0) is 51.9 Å². The quantitative estimate of drug-likeness (QED) is 0.358. The molecule has 2 aromatic carbocycles. The molecular weight excluding hydrogens is 519 g/mol. The molecule has 2 aromatic rings. The molecule has 2 rings (SSSR count). The van der Waals surface area contributed by atoms with E-state index in [9.17, 15) is 0 Å². The van der Waals surface area contributed by atoms with E-state index >= 15 is 0 Å². The van der Waals surface area contributed by atoms with Gasteiger partial charge in [0.2, 0.25) is 0 Å². The first-order valence-electron chi connectivity index (χ1n) is 8.39. The summed E-state index contributed by atoms with van der Waals surface area (Å²) in [4.78, 5) is 0. The van der Waals surface area contributed by atoms with Gasteiger partial charge in [0.15, 0.2) is 0 Å². The summed E-state index contributed by atoms with van der Waals surface area (Å²) >= 11 is 0. The van der Waals surface area contributed by atoms with E-state index in [0.717, 1.165) is 9.52 Å². The smallest absolute Gasteiger partial charge is 1.00 e. The molecule has 1 radical (unpaired) electrons. The Kier molecular flexibility index (Phi) is 29.5. The Morgan fingerprint density at radius 2 is 1.04 bits per heavy atom. The van der Waals surface area contributed by atoms with Crippen LogP contribution >= 0.6 is 0 Å². The Hall–Kier alpha value is 0.760. The molecule has 0 aliphatic heterocycles. The third-order valence-corrected chi connectivity index (χ3v) is 3.54. The summed E-state index contributed by atoms with van der Waals surface area (Å²) in [6.07, 6.45) is 4.71. The fourth-order valence-electron chi connectivity index (χ4n) is 2.37. The van der Waals surface area contributed by atoms with Gasteiger partial charge in [-0.05, 0) is 0 Å². The van der Waals surface area contributed by atoms with Gasteiger partial charge >= 0.3 is 26.2 Å². The average Bonchev–Trinajstić information content (AvgIpc) is 3.16. The molecule has 4 heteroatoms. The maximum absolute atomic E-state index is 2.21. The second kappa shape index (κ2) is 21.8. The molecule has 0 atom stereocenters. The van der Waals surface area contributed by atoms with Gasteiger partial charge in [-0.25, -0.2) is 24.3 Å². The number of hydrogen-bond donors (Lipinski definition) is 0. The van der Waals surface area contributed by atoms with E-state index in [0.29, 0.717) is 0 Å². The maximum Gasteiger partial charge on any atom is 4.00 e. The van der Waals surface area contributed by atoms with E-state index in [1.807, 2.05) is 0 Å². The van der Waals surface area contributed by atoms with Crippen LogP contribution in [0, 0.1) is 0 Å². The van der Waals surface area contributed by atoms with E-state index in [4.69, 9.17) is 0 Å². The molecule has 0 aromatic heterocycles. The zero-order valence-electron chi connectivity index (χ0n) is 16.1. The van der Waals surface area contributed by atoms with E-state index in [-0.39, 0.29) is 60.2 Å². The second-order valence-corrected chi connectivity index (χ2v) is 6.30. The number of hydrogen-bond acceptors (Lipinski definition) is 0. The predicted octanol–water partition coefficient (Wildman–Crippen LogP) is -0.415. The van der Waals surface area contributed by atoms with Gasteiger partial charge in [-0.2, -0.15) is 34.4 Å². The van der Waals surface area contributed by atoms with Gasteiger partial charge in [-0.15, -0.1) is 0 Å². The van der Waals surface area contributed by atoms with Crippen molar-refractivity contribution in [2.75, 3.05) is 0 Å². The fraction of sp³-hybridized carbons (Fsp3) is 0.500. The molecule has 0 saturated heterocycles. The standard InChI is InChI=1S/2C9H13.C2H7Si.2BrH.Zr/c2*1-3-8-6-5-7-9(8)4-2;1-3-2;;;/h2*5-7H,3-4H2,1-2H3;3H,1-2H3;2*1H;/q2*-1;;;;+4/p-2. The number of rotatable bonds is 4. The van der Waals surface area contributed by atoms with Crippen LogP contribution in [0.25, 0.3) is 0 Å². The third-order valence-electron chi connectivity index (χ3n) is 3.54. The van der Waals surface area contributed by atoms with Gasteiger partial charge in [0.25, 0.3) is 0 Å². The van der Waals surface area contributed by atoms with Crippen LogP contribution < -0.4 is 34.0 Å². The third kappa shape index (κ3) is 13.0. The normalized spacial score (nSPS) is 8.25. The van der Waals surface area contributed by atoms with Crippen molar-refractivity contribution in [1.82, 2.24) is 0 Å². The van der Waals surface area contributed by atoms with Gasteiger partial charge in [-0.1, -0.05) is 66.5 Å². The Balaban J connectivity index is -0.000000130. The zero-order valence-corrected chi connectivity index (χ0v) is 22.9. The molecule has 24 heavy (non-hydrogen) atoms. The number of aryl methyl sites for hydroxylation is 4. The summed E-state index contributed by atoms with van der Waals surface area (Å²) < 4.78 is 0. The maximum atomic E-state index is 2.21. The van der Waals surface area contributed by atoms with Crippen LogP contribution in [-0.4, -0.2) is 9.52 Å². The molecule has 0 saturated carbocycles. The van der Waals surface area contributed by atoms with Crippen LogP contribution in [0.4, 0.5) is 0 Å². The Bertz CT molecular complexity index is 384. The first kappa shape index (κ1) is 32.4. The van der Waals surface area contributed by atoms with E-state index in [1.54, 1.807) is 0 Å². The van der Waals surface area contributed by atoms with Crippen molar-refractivity contribution in [3.63, 3.8) is 0 Å². The molecule has 0 fully saturated rings. The average molecular weight is 553 g/mol. The molecule has 0 nitrogen and oxygen atoms in total. The Morgan fingerprint density at radius 1 is 0.750 bits per heavy atom. The summed E-state index contributed by atoms with van der Waals surface area (Å²) in [5.41, 5.74) is 6.05. The van der Waals surface area contributed by atoms with Crippen molar-refractivity contribution in [3.8, 4) is 0 Å². The molecule has 0 spiro atoms. The Labute approximate surface area is 193 Å². The number of halogens is 2. The monoisotopic (exact) mass is 549 g/mol. The summed E-state index contributed by atoms with van der Waals surface area (Å²) in [6.45, 7) is 13.2. The minimum atomic E-state index is 0. The van der Waals surface area contributed by atoms with Gasteiger partial charge in [0.05, 0.1) is 0 Å². The van der Waals surface area contributed by atoms with E-state index in [2.05, 4.69) is 77.2 Å². The summed E-state index contributed by atoms with van der Waals surface area (Å²) in [6, 6.07) is 13.1. The van der Waals surface area contributed by atoms with Crippen molar-refractivity contribution < 1.29 is 60.2 Å². The first-order valence-corrected chi connectivity index (χ1v) is 10.7. The summed E-state index contributed by atoms with van der Waals surface area (Å²) in [7, 11) is 0.750. The van der Waals surface area contributed by atoms with Crippen LogP contribution in [0.1, 0.15) is 49.9 Å². The van der Waals surface area contributed by atoms with Gasteiger partial charge in [0, 0.05) is 9.52 Å². The minimum absolute atomic E-state index is 0. The first-order chi connectivity index (χ1) is 10.2. The van der Waals surface area contributed by atoms with E-state index < -0.39 is 0 Å². The molecule has 0 amide bonds. The largest absolute Gasteiger partial charge is 4.00 e. The van der Waals surface area contributed by atoms with Crippen LogP contribution in [0.3, 0.4) is 0 Å². The van der Waals surface area contributed by atoms with Crippen LogP contribution in [0.2, 0.25) is 13.1 Å². The molecule has 0 aliphatic rings. The van der Waals surface area contributed by atoms with Gasteiger partial charge < -0.3 is 34.0 Å². The SMILES string of the molecule is CCc1ccc[c-]1CC.CCc1ccc[c-]1CC.C[SiH]C.[Br-].[Br-].[Zr+4]. The molecule has 0 N–H and O–H groups in total. The van der Waals surface area contributed by atoms with E-state index in [1.165, 1.54) is 47.9 Å². The molecule has 135 valence electrons. The summed E-state index contributed by atoms with van der Waals surface area (Å²) in [5.74, 6) is 0. The van der Waals surface area contributed by atoms with Crippen LogP contribution in [0.15, 0.2) is 36.4 Å². The fourth-order valence-corrected chi connectivity index (χ4v) is 2.37. The molecule has 0 heterocycles. The van der Waals surface area contributed by atoms with Crippen molar-refractivity contribution in [1.29, 1.82) is 0 Å². The molecule has 0 aliphatic carbocycles. The van der Waals surface area contributed by atoms with Crippen molar-refractivity contribution in [3.05, 3.63) is 58.7 Å². The Morgan fingerprint density at radius 3 is 1.21 bits per heavy atom. The second-order valence-electron chi connectivity index (χ2n) is 5.14. The van der Waals surface area contributed by atoms with Crippen molar-refractivity contribution >= 4 is 9.52 Å².